The SMILES string of the molecule is Cc1nonc1C(=O)N[C@H](c1cn2ncc(S[C@@H](CC3CCC3)NC(=O)CC3CC(F)(F)C3)cc2n1)C1CCC(F)(F)CC1. The third-order valence-corrected chi connectivity index (χ3v) is 10.1. The van der Waals surface area contributed by atoms with Crippen LogP contribution in [0.25, 0.3) is 5.65 Å². The average Bonchev–Trinajstić information content (AvgIpc) is 3.54. The van der Waals surface area contributed by atoms with Gasteiger partial charge in [0.2, 0.25) is 17.8 Å². The largest absolute Gasteiger partial charge is 0.344 e. The molecular formula is C29H35F4N7O3S. The van der Waals surface area contributed by atoms with Crippen molar-refractivity contribution >= 4 is 29.2 Å². The highest BCUT2D eigenvalue weighted by molar-refractivity contribution is 8.00. The molecule has 3 fully saturated rings. The van der Waals surface area contributed by atoms with Gasteiger partial charge in [-0.2, -0.15) is 5.10 Å². The Morgan fingerprint density at radius 3 is 2.45 bits per heavy atom. The second kappa shape index (κ2) is 12.3. The number of amides is 2. The Labute approximate surface area is 255 Å². The van der Waals surface area contributed by atoms with Gasteiger partial charge in [-0.1, -0.05) is 36.2 Å². The Morgan fingerprint density at radius 2 is 1.82 bits per heavy atom. The molecule has 0 unspecified atom stereocenters. The van der Waals surface area contributed by atoms with Gasteiger partial charge in [0.05, 0.1) is 29.5 Å². The number of aromatic nitrogens is 5. The minimum Gasteiger partial charge on any atom is -0.344 e. The predicted octanol–water partition coefficient (Wildman–Crippen LogP) is 5.88. The maximum atomic E-state index is 14.0. The average molecular weight is 638 g/mol. The summed E-state index contributed by atoms with van der Waals surface area (Å²) in [6.07, 6.45) is 6.88. The summed E-state index contributed by atoms with van der Waals surface area (Å²) in [6, 6.07) is 1.16. The van der Waals surface area contributed by atoms with E-state index in [1.54, 1.807) is 23.8 Å². The number of carbonyl (C=O) groups excluding carboxylic acids is 2. The molecule has 15 heteroatoms. The molecular weight excluding hydrogens is 602 g/mol. The van der Waals surface area contributed by atoms with Gasteiger partial charge in [-0.3, -0.25) is 9.59 Å². The minimum atomic E-state index is -2.74. The van der Waals surface area contributed by atoms with Gasteiger partial charge in [0.1, 0.15) is 5.69 Å². The lowest BCUT2D eigenvalue weighted by molar-refractivity contribution is -0.133. The second-order valence-electron chi connectivity index (χ2n) is 12.5. The van der Waals surface area contributed by atoms with Crippen molar-refractivity contribution in [2.75, 3.05) is 0 Å². The van der Waals surface area contributed by atoms with E-state index in [-0.39, 0.29) is 73.8 Å². The van der Waals surface area contributed by atoms with Gasteiger partial charge in [0, 0.05) is 37.0 Å². The van der Waals surface area contributed by atoms with Crippen molar-refractivity contribution < 1.29 is 31.8 Å². The van der Waals surface area contributed by atoms with Crippen LogP contribution in [0.3, 0.4) is 0 Å². The lowest BCUT2D eigenvalue weighted by Crippen LogP contribution is -2.41. The van der Waals surface area contributed by atoms with E-state index >= 15 is 0 Å². The van der Waals surface area contributed by atoms with E-state index < -0.39 is 23.8 Å². The molecule has 3 aromatic rings. The molecule has 3 saturated carbocycles. The van der Waals surface area contributed by atoms with Gasteiger partial charge in [0.25, 0.3) is 5.91 Å². The van der Waals surface area contributed by atoms with Crippen LogP contribution >= 0.6 is 11.8 Å². The van der Waals surface area contributed by atoms with E-state index in [4.69, 9.17) is 4.98 Å². The van der Waals surface area contributed by atoms with Gasteiger partial charge in [-0.05, 0) is 55.2 Å². The summed E-state index contributed by atoms with van der Waals surface area (Å²) in [6.45, 7) is 1.59. The first kappa shape index (κ1) is 30.8. The summed E-state index contributed by atoms with van der Waals surface area (Å²) in [5, 5.41) is 17.5. The Bertz CT molecular complexity index is 1490. The summed E-state index contributed by atoms with van der Waals surface area (Å²) in [4.78, 5) is 31.3. The molecule has 0 saturated heterocycles. The van der Waals surface area contributed by atoms with Crippen LogP contribution in [0.15, 0.2) is 28.0 Å². The maximum absolute atomic E-state index is 14.0. The zero-order valence-corrected chi connectivity index (χ0v) is 25.1. The Hall–Kier alpha value is -3.23. The molecule has 10 nitrogen and oxygen atoms in total. The zero-order valence-electron chi connectivity index (χ0n) is 24.3. The van der Waals surface area contributed by atoms with Crippen molar-refractivity contribution in [1.29, 1.82) is 0 Å². The van der Waals surface area contributed by atoms with Crippen LogP contribution in [0.5, 0.6) is 0 Å². The van der Waals surface area contributed by atoms with Crippen LogP contribution in [-0.4, -0.2) is 53.9 Å². The fourth-order valence-corrected chi connectivity index (χ4v) is 7.50. The molecule has 0 aromatic carbocycles. The Balaban J connectivity index is 1.18. The molecule has 3 aliphatic carbocycles. The van der Waals surface area contributed by atoms with E-state index in [2.05, 4.69) is 30.7 Å². The lowest BCUT2D eigenvalue weighted by atomic mass is 9.79. The van der Waals surface area contributed by atoms with Crippen LogP contribution in [0, 0.1) is 24.7 Å². The topological polar surface area (TPSA) is 127 Å². The van der Waals surface area contributed by atoms with E-state index in [1.165, 1.54) is 11.8 Å². The number of hydrogen-bond donors (Lipinski definition) is 2. The molecule has 2 amide bonds. The van der Waals surface area contributed by atoms with E-state index in [0.717, 1.165) is 30.6 Å². The molecule has 3 aliphatic rings. The monoisotopic (exact) mass is 637 g/mol. The van der Waals surface area contributed by atoms with Gasteiger partial charge in [0.15, 0.2) is 11.3 Å². The molecule has 2 N–H and O–H groups in total. The number of hydrogen-bond acceptors (Lipinski definition) is 8. The number of halogens is 4. The molecule has 0 spiro atoms. The molecule has 238 valence electrons. The van der Waals surface area contributed by atoms with Crippen LogP contribution in [0.2, 0.25) is 0 Å². The molecule has 3 aromatic heterocycles. The summed E-state index contributed by atoms with van der Waals surface area (Å²) in [5.74, 6) is -6.25. The van der Waals surface area contributed by atoms with Crippen molar-refractivity contribution in [3.63, 3.8) is 0 Å². The highest BCUT2D eigenvalue weighted by Gasteiger charge is 2.46. The number of nitrogens with one attached hydrogen (secondary N) is 2. The normalized spacial score (nSPS) is 21.8. The van der Waals surface area contributed by atoms with Crippen LogP contribution in [0.4, 0.5) is 17.6 Å². The van der Waals surface area contributed by atoms with Gasteiger partial charge >= 0.3 is 0 Å². The predicted molar refractivity (Wildman–Crippen MR) is 151 cm³/mol. The number of carbonyl (C=O) groups is 2. The van der Waals surface area contributed by atoms with Crippen LogP contribution in [-0.2, 0) is 4.79 Å². The van der Waals surface area contributed by atoms with Crippen LogP contribution < -0.4 is 10.6 Å². The number of alkyl halides is 4. The smallest absolute Gasteiger partial charge is 0.276 e. The zero-order chi connectivity index (χ0) is 31.1. The fraction of sp³-hybridized carbons (Fsp3) is 0.655. The second-order valence-corrected chi connectivity index (χ2v) is 13.8. The third kappa shape index (κ3) is 7.18. The summed E-state index contributed by atoms with van der Waals surface area (Å²) >= 11 is 1.44. The number of imidazole rings is 1. The van der Waals surface area contributed by atoms with Crippen molar-refractivity contribution in [3.05, 3.63) is 35.5 Å². The van der Waals surface area contributed by atoms with Crippen molar-refractivity contribution in [1.82, 2.24) is 35.5 Å². The van der Waals surface area contributed by atoms with Crippen molar-refractivity contribution in [2.45, 2.75) is 106 Å². The summed E-state index contributed by atoms with van der Waals surface area (Å²) in [5.41, 5.74) is 1.30. The Kier molecular flexibility index (Phi) is 8.59. The number of nitrogens with zero attached hydrogens (tertiary/aromatic N) is 5. The molecule has 0 bridgehead atoms. The molecule has 2 atom stereocenters. The first-order chi connectivity index (χ1) is 20.9. The van der Waals surface area contributed by atoms with Gasteiger partial charge in [-0.25, -0.2) is 31.7 Å². The van der Waals surface area contributed by atoms with Gasteiger partial charge in [-0.15, -0.1) is 0 Å². The Morgan fingerprint density at radius 1 is 1.07 bits per heavy atom. The van der Waals surface area contributed by atoms with E-state index in [1.807, 2.05) is 6.07 Å². The molecule has 3 heterocycles. The molecule has 0 radical (unpaired) electrons. The highest BCUT2D eigenvalue weighted by Crippen LogP contribution is 2.44. The summed E-state index contributed by atoms with van der Waals surface area (Å²) in [7, 11) is 0. The number of fused-ring (bicyclic) bond motifs is 1. The number of rotatable bonds is 11. The molecule has 44 heavy (non-hydrogen) atoms. The van der Waals surface area contributed by atoms with Crippen molar-refractivity contribution in [3.8, 4) is 0 Å². The molecule has 6 rings (SSSR count). The maximum Gasteiger partial charge on any atom is 0.276 e. The van der Waals surface area contributed by atoms with E-state index in [9.17, 15) is 27.2 Å². The highest BCUT2D eigenvalue weighted by atomic mass is 32.2. The molecule has 0 aliphatic heterocycles. The summed E-state index contributed by atoms with van der Waals surface area (Å²) < 4.78 is 60.7. The first-order valence-electron chi connectivity index (χ1n) is 15.1. The number of thioether (sulfide) groups is 1. The standard InChI is InChI=1S/C29H35F4N7O3S/c1-16-25(39-43-38-16)27(42)37-26(19-5-7-28(30,31)8-6-19)21-15-40-22(35-21)11-20(14-34-40)44-24(10-17-3-2-4-17)36-23(41)9-18-12-29(32,33)13-18/h11,14-15,17-19,24,26H,2-10,12-13H2,1H3,(H,36,41)(H,37,42)/t24-,26-/m0/s1. The number of aryl methyl sites for hydroxylation is 1. The minimum absolute atomic E-state index is 0.0160. The van der Waals surface area contributed by atoms with Gasteiger partial charge < -0.3 is 10.6 Å². The van der Waals surface area contributed by atoms with Crippen molar-refractivity contribution in [2.24, 2.45) is 17.8 Å². The van der Waals surface area contributed by atoms with Crippen LogP contribution in [0.1, 0.15) is 98.5 Å². The van der Waals surface area contributed by atoms with E-state index in [0.29, 0.717) is 23.0 Å². The quantitative estimate of drug-likeness (QED) is 0.152. The first-order valence-corrected chi connectivity index (χ1v) is 16.0. The fourth-order valence-electron chi connectivity index (χ4n) is 6.33. The lowest BCUT2D eigenvalue weighted by Gasteiger charge is -2.35. The third-order valence-electron chi connectivity index (χ3n) is 9.04.